The van der Waals surface area contributed by atoms with E-state index < -0.39 is 10.0 Å². The number of benzene rings is 3. The van der Waals surface area contributed by atoms with Gasteiger partial charge in [-0.2, -0.15) is 4.31 Å². The van der Waals surface area contributed by atoms with E-state index in [9.17, 15) is 17.6 Å². The largest absolute Gasteiger partial charge is 0.496 e. The number of halogens is 1. The van der Waals surface area contributed by atoms with Crippen molar-refractivity contribution in [2.75, 3.05) is 47.5 Å². The standard InChI is InChI=1S/C37H50FN3O5S/c1-26-22-34(45-6)27(2)28(3)37(26)47(43,44)41(24-30-10-8-7-9-11-30)20-21-46-25-35(42)39-23-29-12-14-31(15-13-29)36(40(4)5)32-16-18-33(38)19-17-32/h7-11,16-19,22,29,31,36H,12-15,20-21,23-25H2,1-6H3,(H,39,42). The maximum absolute atomic E-state index is 14.1. The number of rotatable bonds is 15. The third-order valence-corrected chi connectivity index (χ3v) is 11.5. The van der Waals surface area contributed by atoms with Crippen LogP contribution < -0.4 is 10.1 Å². The van der Waals surface area contributed by atoms with Crippen molar-refractivity contribution >= 4 is 15.9 Å². The van der Waals surface area contributed by atoms with Gasteiger partial charge in [0.25, 0.3) is 0 Å². The number of amides is 1. The highest BCUT2D eigenvalue weighted by Crippen LogP contribution is 2.39. The molecule has 10 heteroatoms. The molecule has 1 N–H and O–H groups in total. The zero-order valence-electron chi connectivity index (χ0n) is 28.6. The summed E-state index contributed by atoms with van der Waals surface area (Å²) in [6, 6.07) is 18.2. The highest BCUT2D eigenvalue weighted by Gasteiger charge is 2.31. The van der Waals surface area contributed by atoms with Crippen molar-refractivity contribution < 1.29 is 27.1 Å². The third-order valence-electron chi connectivity index (χ3n) is 9.41. The van der Waals surface area contributed by atoms with E-state index in [0.29, 0.717) is 35.3 Å². The van der Waals surface area contributed by atoms with Gasteiger partial charge in [-0.15, -0.1) is 0 Å². The minimum Gasteiger partial charge on any atom is -0.496 e. The predicted molar refractivity (Wildman–Crippen MR) is 183 cm³/mol. The fourth-order valence-corrected chi connectivity index (χ4v) is 8.73. The molecule has 3 aromatic rings. The van der Waals surface area contributed by atoms with Gasteiger partial charge in [-0.05, 0) is 118 Å². The molecule has 0 heterocycles. The number of carbonyl (C=O) groups is 1. The Labute approximate surface area is 280 Å². The fourth-order valence-electron chi connectivity index (χ4n) is 6.83. The molecule has 47 heavy (non-hydrogen) atoms. The van der Waals surface area contributed by atoms with Gasteiger partial charge in [0.2, 0.25) is 15.9 Å². The van der Waals surface area contributed by atoms with Crippen molar-refractivity contribution in [2.24, 2.45) is 11.8 Å². The second-order valence-corrected chi connectivity index (χ2v) is 14.8. The number of hydrogen-bond acceptors (Lipinski definition) is 6. The number of aryl methyl sites for hydroxylation is 1. The molecule has 0 bridgehead atoms. The summed E-state index contributed by atoms with van der Waals surface area (Å²) >= 11 is 0. The van der Waals surface area contributed by atoms with Gasteiger partial charge in [0.15, 0.2) is 0 Å². The number of ether oxygens (including phenoxy) is 2. The van der Waals surface area contributed by atoms with Crippen LogP contribution in [0.3, 0.4) is 0 Å². The molecule has 1 saturated carbocycles. The van der Waals surface area contributed by atoms with Crippen LogP contribution in [0, 0.1) is 38.4 Å². The number of nitrogens with one attached hydrogen (secondary N) is 1. The Kier molecular flexibility index (Phi) is 13.0. The lowest BCUT2D eigenvalue weighted by Gasteiger charge is -2.37. The van der Waals surface area contributed by atoms with Crippen molar-refractivity contribution in [2.45, 2.75) is 63.9 Å². The highest BCUT2D eigenvalue weighted by atomic mass is 32.2. The molecule has 4 rings (SSSR count). The van der Waals surface area contributed by atoms with E-state index in [0.717, 1.165) is 42.4 Å². The number of carbonyl (C=O) groups excluding carboxylic acids is 1. The van der Waals surface area contributed by atoms with Crippen LogP contribution in [0.2, 0.25) is 0 Å². The van der Waals surface area contributed by atoms with Gasteiger partial charge in [0.1, 0.15) is 18.2 Å². The SMILES string of the molecule is COc1cc(C)c(S(=O)(=O)N(CCOCC(=O)NCC2CCC(C(c3ccc(F)cc3)N(C)C)CC2)Cc2ccccc2)c(C)c1C. The lowest BCUT2D eigenvalue weighted by molar-refractivity contribution is -0.126. The van der Waals surface area contributed by atoms with E-state index in [-0.39, 0.29) is 49.0 Å². The Morgan fingerprint density at radius 1 is 0.979 bits per heavy atom. The van der Waals surface area contributed by atoms with Crippen LogP contribution in [0.5, 0.6) is 5.75 Å². The third kappa shape index (κ3) is 9.41. The smallest absolute Gasteiger partial charge is 0.246 e. The van der Waals surface area contributed by atoms with Crippen LogP contribution in [0.15, 0.2) is 65.6 Å². The molecular formula is C37H50FN3O5S. The van der Waals surface area contributed by atoms with Crippen LogP contribution in [0.4, 0.5) is 4.39 Å². The number of methoxy groups -OCH3 is 1. The van der Waals surface area contributed by atoms with E-state index in [4.69, 9.17) is 9.47 Å². The fraction of sp³-hybridized carbons (Fsp3) is 0.486. The van der Waals surface area contributed by atoms with Gasteiger partial charge in [-0.3, -0.25) is 4.79 Å². The lowest BCUT2D eigenvalue weighted by Crippen LogP contribution is -2.37. The van der Waals surface area contributed by atoms with E-state index in [1.807, 2.05) is 49.4 Å². The Morgan fingerprint density at radius 3 is 2.26 bits per heavy atom. The van der Waals surface area contributed by atoms with Crippen molar-refractivity contribution in [1.29, 1.82) is 0 Å². The molecule has 0 aliphatic heterocycles. The van der Waals surface area contributed by atoms with Gasteiger partial charge in [0, 0.05) is 25.7 Å². The summed E-state index contributed by atoms with van der Waals surface area (Å²) in [6.45, 7) is 6.24. The second-order valence-electron chi connectivity index (χ2n) is 12.9. The molecule has 1 aliphatic rings. The molecule has 1 aliphatic carbocycles. The van der Waals surface area contributed by atoms with Gasteiger partial charge in [0.05, 0.1) is 18.6 Å². The van der Waals surface area contributed by atoms with Crippen molar-refractivity contribution in [3.63, 3.8) is 0 Å². The van der Waals surface area contributed by atoms with Crippen LogP contribution in [-0.2, 0) is 26.1 Å². The quantitative estimate of drug-likeness (QED) is 0.195. The van der Waals surface area contributed by atoms with Crippen molar-refractivity contribution in [3.05, 3.63) is 94.3 Å². The zero-order valence-corrected chi connectivity index (χ0v) is 29.4. The molecule has 1 atom stereocenters. The topological polar surface area (TPSA) is 88.2 Å². The first-order valence-electron chi connectivity index (χ1n) is 16.4. The van der Waals surface area contributed by atoms with Crippen LogP contribution in [-0.4, -0.2) is 71.0 Å². The summed E-state index contributed by atoms with van der Waals surface area (Å²) in [7, 11) is 1.82. The average Bonchev–Trinajstić information content (AvgIpc) is 3.05. The maximum atomic E-state index is 14.1. The normalized spacial score (nSPS) is 17.6. The molecule has 1 amide bonds. The number of hydrogen-bond donors (Lipinski definition) is 1. The van der Waals surface area contributed by atoms with Crippen molar-refractivity contribution in [1.82, 2.24) is 14.5 Å². The molecule has 1 fully saturated rings. The van der Waals surface area contributed by atoms with Gasteiger partial charge in [-0.25, -0.2) is 12.8 Å². The summed E-state index contributed by atoms with van der Waals surface area (Å²) in [5.74, 6) is 1.07. The molecule has 0 radical (unpaired) electrons. The van der Waals surface area contributed by atoms with Gasteiger partial charge >= 0.3 is 0 Å². The molecule has 0 spiro atoms. The molecule has 8 nitrogen and oxygen atoms in total. The molecule has 0 aromatic heterocycles. The van der Waals surface area contributed by atoms with E-state index in [1.54, 1.807) is 27.0 Å². The van der Waals surface area contributed by atoms with Crippen LogP contribution >= 0.6 is 0 Å². The highest BCUT2D eigenvalue weighted by molar-refractivity contribution is 7.89. The Balaban J connectivity index is 1.29. The average molecular weight is 668 g/mol. The first kappa shape index (κ1) is 36.5. The molecule has 3 aromatic carbocycles. The summed E-state index contributed by atoms with van der Waals surface area (Å²) in [5, 5.41) is 3.01. The summed E-state index contributed by atoms with van der Waals surface area (Å²) in [5.41, 5.74) is 4.04. The first-order chi connectivity index (χ1) is 22.4. The van der Waals surface area contributed by atoms with Gasteiger partial charge < -0.3 is 19.7 Å². The van der Waals surface area contributed by atoms with E-state index in [1.165, 1.54) is 16.4 Å². The Bertz CT molecular complexity index is 1570. The minimum atomic E-state index is -3.89. The number of nitrogens with zero attached hydrogens (tertiary/aromatic N) is 2. The number of sulfonamides is 1. The van der Waals surface area contributed by atoms with Crippen LogP contribution in [0.25, 0.3) is 0 Å². The minimum absolute atomic E-state index is 0.0765. The lowest BCUT2D eigenvalue weighted by atomic mass is 9.76. The summed E-state index contributed by atoms with van der Waals surface area (Å²) < 4.78 is 54.2. The summed E-state index contributed by atoms with van der Waals surface area (Å²) in [6.07, 6.45) is 4.09. The predicted octanol–water partition coefficient (Wildman–Crippen LogP) is 6.19. The van der Waals surface area contributed by atoms with E-state index in [2.05, 4.69) is 24.3 Å². The first-order valence-corrected chi connectivity index (χ1v) is 17.8. The van der Waals surface area contributed by atoms with Gasteiger partial charge in [-0.1, -0.05) is 42.5 Å². The molecule has 0 saturated heterocycles. The van der Waals surface area contributed by atoms with Crippen molar-refractivity contribution in [3.8, 4) is 5.75 Å². The maximum Gasteiger partial charge on any atom is 0.246 e. The monoisotopic (exact) mass is 667 g/mol. The Hall–Kier alpha value is -3.31. The molecular weight excluding hydrogens is 617 g/mol. The molecule has 1 unspecified atom stereocenters. The van der Waals surface area contributed by atoms with Crippen LogP contribution in [0.1, 0.15) is 59.5 Å². The summed E-state index contributed by atoms with van der Waals surface area (Å²) in [4.78, 5) is 15.2. The Morgan fingerprint density at radius 2 is 1.64 bits per heavy atom. The van der Waals surface area contributed by atoms with E-state index >= 15 is 0 Å². The second kappa shape index (κ2) is 16.7. The zero-order chi connectivity index (χ0) is 34.1. The molecule has 256 valence electrons.